The van der Waals surface area contributed by atoms with Gasteiger partial charge < -0.3 is 5.32 Å². The third kappa shape index (κ3) is 3.95. The predicted octanol–water partition coefficient (Wildman–Crippen LogP) is 4.49. The molecular formula is C20H27N. The van der Waals surface area contributed by atoms with E-state index in [0.717, 1.165) is 13.0 Å². The molecule has 21 heavy (non-hydrogen) atoms. The molecule has 0 fully saturated rings. The van der Waals surface area contributed by atoms with Crippen LogP contribution in [0.15, 0.2) is 54.6 Å². The lowest BCUT2D eigenvalue weighted by atomic mass is 9.75. The van der Waals surface area contributed by atoms with Crippen molar-refractivity contribution < 1.29 is 0 Å². The second-order valence-electron chi connectivity index (χ2n) is 6.39. The van der Waals surface area contributed by atoms with Crippen molar-refractivity contribution in [2.45, 2.75) is 45.6 Å². The van der Waals surface area contributed by atoms with Crippen LogP contribution in [0.4, 0.5) is 0 Å². The first-order chi connectivity index (χ1) is 10.0. The van der Waals surface area contributed by atoms with E-state index in [4.69, 9.17) is 0 Å². The van der Waals surface area contributed by atoms with Crippen LogP contribution in [0.5, 0.6) is 0 Å². The molecular weight excluding hydrogens is 254 g/mol. The number of nitrogens with one attached hydrogen (secondary N) is 1. The number of hydrogen-bond donors (Lipinski definition) is 1. The quantitative estimate of drug-likeness (QED) is 0.822. The first-order valence-corrected chi connectivity index (χ1v) is 7.88. The van der Waals surface area contributed by atoms with Crippen LogP contribution in [0, 0.1) is 6.92 Å². The van der Waals surface area contributed by atoms with E-state index < -0.39 is 0 Å². The van der Waals surface area contributed by atoms with E-state index in [1.807, 2.05) is 0 Å². The fourth-order valence-electron chi connectivity index (χ4n) is 2.97. The van der Waals surface area contributed by atoms with Crippen LogP contribution >= 0.6 is 0 Å². The summed E-state index contributed by atoms with van der Waals surface area (Å²) in [4.78, 5) is 0. The normalized spacial score (nSPS) is 13.1. The molecule has 1 atom stereocenters. The highest BCUT2D eigenvalue weighted by molar-refractivity contribution is 5.29. The maximum Gasteiger partial charge on any atom is 0.0199 e. The van der Waals surface area contributed by atoms with Crippen LogP contribution in [0.3, 0.4) is 0 Å². The Morgan fingerprint density at radius 3 is 2.33 bits per heavy atom. The molecule has 1 heteroatoms. The molecule has 1 N–H and O–H groups in total. The molecule has 2 aromatic carbocycles. The van der Waals surface area contributed by atoms with Crippen LogP contribution in [-0.2, 0) is 11.8 Å². The molecule has 112 valence electrons. The summed E-state index contributed by atoms with van der Waals surface area (Å²) in [6.45, 7) is 10.0. The van der Waals surface area contributed by atoms with Gasteiger partial charge in [-0.25, -0.2) is 0 Å². The summed E-state index contributed by atoms with van der Waals surface area (Å²) in [5.41, 5.74) is 4.23. The van der Waals surface area contributed by atoms with E-state index in [9.17, 15) is 0 Å². The van der Waals surface area contributed by atoms with Crippen LogP contribution in [0.2, 0.25) is 0 Å². The molecule has 0 spiro atoms. The molecule has 0 radical (unpaired) electrons. The summed E-state index contributed by atoms with van der Waals surface area (Å²) in [6.07, 6.45) is 1.05. The number of aryl methyl sites for hydroxylation is 1. The molecule has 0 saturated heterocycles. The fourth-order valence-corrected chi connectivity index (χ4v) is 2.97. The standard InChI is InChI=1S/C20H27N/c1-5-21-19(15-17-11-9-10-16(2)14-17)20(3,4)18-12-7-6-8-13-18/h6-14,19,21H,5,15H2,1-4H3. The molecule has 0 bridgehead atoms. The van der Waals surface area contributed by atoms with Gasteiger partial charge in [0.15, 0.2) is 0 Å². The Kier molecular flexibility index (Phi) is 5.19. The second-order valence-corrected chi connectivity index (χ2v) is 6.39. The Bertz CT molecular complexity index is 557. The molecule has 1 nitrogen and oxygen atoms in total. The lowest BCUT2D eigenvalue weighted by Gasteiger charge is -2.36. The number of benzene rings is 2. The summed E-state index contributed by atoms with van der Waals surface area (Å²) >= 11 is 0. The zero-order chi connectivity index (χ0) is 15.3. The molecule has 2 rings (SSSR count). The first-order valence-electron chi connectivity index (χ1n) is 7.88. The van der Waals surface area contributed by atoms with Gasteiger partial charge >= 0.3 is 0 Å². The van der Waals surface area contributed by atoms with Gasteiger partial charge in [-0.3, -0.25) is 0 Å². The summed E-state index contributed by atoms with van der Waals surface area (Å²) in [5.74, 6) is 0. The Morgan fingerprint density at radius 1 is 1.00 bits per heavy atom. The van der Waals surface area contributed by atoms with Gasteiger partial charge in [-0.1, -0.05) is 80.9 Å². The topological polar surface area (TPSA) is 12.0 Å². The van der Waals surface area contributed by atoms with Gasteiger partial charge in [0.2, 0.25) is 0 Å². The number of rotatable bonds is 6. The van der Waals surface area contributed by atoms with Crippen molar-refractivity contribution in [1.82, 2.24) is 5.32 Å². The van der Waals surface area contributed by atoms with Crippen molar-refractivity contribution in [2.24, 2.45) is 0 Å². The third-order valence-electron chi connectivity index (χ3n) is 4.36. The van der Waals surface area contributed by atoms with Gasteiger partial charge in [-0.2, -0.15) is 0 Å². The fraction of sp³-hybridized carbons (Fsp3) is 0.400. The SMILES string of the molecule is CCNC(Cc1cccc(C)c1)C(C)(C)c1ccccc1. The van der Waals surface area contributed by atoms with Crippen molar-refractivity contribution in [1.29, 1.82) is 0 Å². The van der Waals surface area contributed by atoms with E-state index in [0.29, 0.717) is 6.04 Å². The molecule has 0 saturated carbocycles. The van der Waals surface area contributed by atoms with Crippen molar-refractivity contribution in [2.75, 3.05) is 6.54 Å². The van der Waals surface area contributed by atoms with Crippen molar-refractivity contribution in [3.63, 3.8) is 0 Å². The highest BCUT2D eigenvalue weighted by atomic mass is 14.9. The predicted molar refractivity (Wildman–Crippen MR) is 91.8 cm³/mol. The molecule has 0 amide bonds. The van der Waals surface area contributed by atoms with Crippen LogP contribution in [0.1, 0.15) is 37.5 Å². The minimum Gasteiger partial charge on any atom is -0.313 e. The molecule has 0 aliphatic heterocycles. The summed E-state index contributed by atoms with van der Waals surface area (Å²) < 4.78 is 0. The molecule has 0 aromatic heterocycles. The minimum atomic E-state index is 0.0982. The van der Waals surface area contributed by atoms with E-state index in [2.05, 4.69) is 87.6 Å². The Balaban J connectivity index is 2.25. The van der Waals surface area contributed by atoms with E-state index in [1.54, 1.807) is 0 Å². The van der Waals surface area contributed by atoms with E-state index >= 15 is 0 Å². The zero-order valence-electron chi connectivity index (χ0n) is 13.7. The lowest BCUT2D eigenvalue weighted by Crippen LogP contribution is -2.46. The molecule has 0 aliphatic rings. The average Bonchev–Trinajstić information content (AvgIpc) is 2.48. The summed E-state index contributed by atoms with van der Waals surface area (Å²) in [6, 6.07) is 20.1. The Morgan fingerprint density at radius 2 is 1.71 bits per heavy atom. The zero-order valence-corrected chi connectivity index (χ0v) is 13.7. The van der Waals surface area contributed by atoms with Gasteiger partial charge in [0.25, 0.3) is 0 Å². The second kappa shape index (κ2) is 6.91. The summed E-state index contributed by atoms with van der Waals surface area (Å²) in [5, 5.41) is 3.69. The molecule has 2 aromatic rings. The van der Waals surface area contributed by atoms with Crippen molar-refractivity contribution >= 4 is 0 Å². The van der Waals surface area contributed by atoms with Gasteiger partial charge in [0.1, 0.15) is 0 Å². The third-order valence-corrected chi connectivity index (χ3v) is 4.36. The van der Waals surface area contributed by atoms with Crippen LogP contribution in [-0.4, -0.2) is 12.6 Å². The lowest BCUT2D eigenvalue weighted by molar-refractivity contribution is 0.343. The van der Waals surface area contributed by atoms with E-state index in [1.165, 1.54) is 16.7 Å². The first kappa shape index (κ1) is 15.8. The molecule has 1 unspecified atom stereocenters. The average molecular weight is 281 g/mol. The summed E-state index contributed by atoms with van der Waals surface area (Å²) in [7, 11) is 0. The Labute approximate surface area is 129 Å². The maximum absolute atomic E-state index is 3.69. The largest absolute Gasteiger partial charge is 0.313 e. The molecule has 0 heterocycles. The number of hydrogen-bond acceptors (Lipinski definition) is 1. The van der Waals surface area contributed by atoms with Gasteiger partial charge in [0.05, 0.1) is 0 Å². The number of likely N-dealkylation sites (N-methyl/N-ethyl adjacent to an activating group) is 1. The van der Waals surface area contributed by atoms with Crippen molar-refractivity contribution in [3.8, 4) is 0 Å². The highest BCUT2D eigenvalue weighted by Gasteiger charge is 2.30. The van der Waals surface area contributed by atoms with Crippen LogP contribution in [0.25, 0.3) is 0 Å². The monoisotopic (exact) mass is 281 g/mol. The molecule has 0 aliphatic carbocycles. The van der Waals surface area contributed by atoms with Gasteiger partial charge in [0, 0.05) is 11.5 Å². The van der Waals surface area contributed by atoms with E-state index in [-0.39, 0.29) is 5.41 Å². The van der Waals surface area contributed by atoms with Gasteiger partial charge in [-0.15, -0.1) is 0 Å². The smallest absolute Gasteiger partial charge is 0.0199 e. The minimum absolute atomic E-state index is 0.0982. The van der Waals surface area contributed by atoms with Gasteiger partial charge in [-0.05, 0) is 31.0 Å². The van der Waals surface area contributed by atoms with Crippen molar-refractivity contribution in [3.05, 3.63) is 71.3 Å². The van der Waals surface area contributed by atoms with Crippen LogP contribution < -0.4 is 5.32 Å². The highest BCUT2D eigenvalue weighted by Crippen LogP contribution is 2.29. The Hall–Kier alpha value is -1.60. The maximum atomic E-state index is 3.69.